The minimum Gasteiger partial charge on any atom is -0.455 e. The van der Waals surface area contributed by atoms with Crippen LogP contribution >= 0.6 is 0 Å². The highest BCUT2D eigenvalue weighted by atomic mass is 16.3. The maximum atomic E-state index is 9.53. The van der Waals surface area contributed by atoms with Crippen molar-refractivity contribution >= 4 is 75.8 Å². The van der Waals surface area contributed by atoms with Crippen molar-refractivity contribution in [3.05, 3.63) is 158 Å². The Balaban J connectivity index is 1.55. The maximum Gasteiger partial charge on any atom is 0.143 e. The molecule has 208 valence electrons. The third-order valence-corrected chi connectivity index (χ3v) is 9.06. The number of fused-ring (bicyclic) bond motifs is 10. The molecule has 0 unspecified atom stereocenters. The highest BCUT2D eigenvalue weighted by Gasteiger charge is 2.23. The Morgan fingerprint density at radius 1 is 0.378 bits per heavy atom. The lowest BCUT2D eigenvalue weighted by atomic mass is 9.83. The Morgan fingerprint density at radius 2 is 0.889 bits per heavy atom. The first-order valence-corrected chi connectivity index (χ1v) is 14.9. The summed E-state index contributed by atoms with van der Waals surface area (Å²) >= 11 is 0. The highest BCUT2D eigenvalue weighted by molar-refractivity contribution is 6.30. The molecule has 10 aromatic rings. The van der Waals surface area contributed by atoms with E-state index in [0.29, 0.717) is 38.8 Å². The Kier molecular flexibility index (Phi) is 3.72. The summed E-state index contributed by atoms with van der Waals surface area (Å²) in [5.74, 6) is 0. The molecule has 1 aromatic heterocycles. The second-order valence-corrected chi connectivity index (χ2v) is 11.4. The Morgan fingerprint density at radius 3 is 1.56 bits per heavy atom. The van der Waals surface area contributed by atoms with Gasteiger partial charge in [0.25, 0.3) is 0 Å². The number of furan rings is 1. The predicted octanol–water partition coefficient (Wildman–Crippen LogP) is 12.7. The normalized spacial score (nSPS) is 14.5. The molecule has 0 aliphatic carbocycles. The van der Waals surface area contributed by atoms with Gasteiger partial charge in [-0.05, 0) is 77.5 Å². The van der Waals surface area contributed by atoms with Gasteiger partial charge in [0.15, 0.2) is 0 Å². The lowest BCUT2D eigenvalue weighted by Gasteiger charge is -2.19. The van der Waals surface area contributed by atoms with E-state index < -0.39 is 24.2 Å². The molecule has 9 aromatic carbocycles. The van der Waals surface area contributed by atoms with E-state index in [-0.39, 0.29) is 45.7 Å². The fourth-order valence-corrected chi connectivity index (χ4v) is 7.14. The monoisotopic (exact) mass is 578 g/mol. The molecule has 10 rings (SSSR count). The van der Waals surface area contributed by atoms with Gasteiger partial charge >= 0.3 is 0 Å². The number of benzene rings is 9. The van der Waals surface area contributed by atoms with Crippen molar-refractivity contribution in [2.75, 3.05) is 0 Å². The molecule has 0 saturated carbocycles. The topological polar surface area (TPSA) is 13.1 Å². The van der Waals surface area contributed by atoms with Crippen LogP contribution in [0.3, 0.4) is 0 Å². The largest absolute Gasteiger partial charge is 0.455 e. The molecule has 1 heterocycles. The number of hydrogen-bond acceptors (Lipinski definition) is 1. The fourth-order valence-electron chi connectivity index (χ4n) is 7.14. The van der Waals surface area contributed by atoms with E-state index in [9.17, 15) is 5.48 Å². The van der Waals surface area contributed by atoms with Crippen LogP contribution in [0, 0.1) is 0 Å². The average Bonchev–Trinajstić information content (AvgIpc) is 3.60. The Hall–Kier alpha value is -5.92. The Labute approximate surface area is 270 Å². The lowest BCUT2D eigenvalue weighted by Crippen LogP contribution is -1.92. The maximum absolute atomic E-state index is 9.53. The molecule has 0 atom stereocenters. The van der Waals surface area contributed by atoms with Crippen LogP contribution < -0.4 is 0 Å². The zero-order valence-electron chi connectivity index (χ0n) is 31.8. The van der Waals surface area contributed by atoms with Crippen molar-refractivity contribution < 1.29 is 15.4 Å². The average molecular weight is 579 g/mol. The first-order chi connectivity index (χ1) is 25.7. The van der Waals surface area contributed by atoms with Gasteiger partial charge in [0, 0.05) is 21.5 Å². The summed E-state index contributed by atoms with van der Waals surface area (Å²) in [7, 11) is 0. The van der Waals surface area contributed by atoms with Gasteiger partial charge in [0.1, 0.15) is 11.2 Å². The SMILES string of the molecule is [2H]c1c([2H])c([2H])c2c(-c3cc4ccccc4c4oc5c6ccccc6ccc5c34)c3c([2H])c([2H])c([2H])c([2H])c3c(-c3cccc4ccccc34)c2c1[2H]. The minimum atomic E-state index is -0.437. The molecule has 0 saturated heterocycles. The molecule has 0 radical (unpaired) electrons. The molecule has 0 spiro atoms. The second-order valence-electron chi connectivity index (χ2n) is 11.4. The van der Waals surface area contributed by atoms with Gasteiger partial charge in [-0.15, -0.1) is 0 Å². The van der Waals surface area contributed by atoms with Crippen molar-refractivity contribution in [1.29, 1.82) is 0 Å². The second kappa shape index (κ2) is 9.29. The number of rotatable bonds is 2. The van der Waals surface area contributed by atoms with Gasteiger partial charge < -0.3 is 4.42 Å². The molecule has 0 N–H and O–H groups in total. The van der Waals surface area contributed by atoms with Gasteiger partial charge in [-0.1, -0.05) is 145 Å². The molecule has 0 fully saturated rings. The molecule has 45 heavy (non-hydrogen) atoms. The molecule has 0 amide bonds. The van der Waals surface area contributed by atoms with E-state index in [0.717, 1.165) is 37.7 Å². The summed E-state index contributed by atoms with van der Waals surface area (Å²) < 4.78 is 80.4. The van der Waals surface area contributed by atoms with Crippen LogP contribution in [0.1, 0.15) is 11.0 Å². The van der Waals surface area contributed by atoms with Crippen molar-refractivity contribution in [2.45, 2.75) is 0 Å². The summed E-state index contributed by atoms with van der Waals surface area (Å²) in [5.41, 5.74) is 3.00. The minimum absolute atomic E-state index is 0.170. The zero-order valence-corrected chi connectivity index (χ0v) is 23.8. The quantitative estimate of drug-likeness (QED) is 0.186. The van der Waals surface area contributed by atoms with Gasteiger partial charge in [-0.2, -0.15) is 0 Å². The van der Waals surface area contributed by atoms with Crippen LogP contribution in [-0.4, -0.2) is 0 Å². The van der Waals surface area contributed by atoms with Crippen molar-refractivity contribution in [1.82, 2.24) is 0 Å². The molecule has 0 bridgehead atoms. The Bertz CT molecular complexity index is 3190. The fraction of sp³-hybridized carbons (Fsp3) is 0. The first-order valence-electron chi connectivity index (χ1n) is 18.9. The van der Waals surface area contributed by atoms with E-state index in [1.54, 1.807) is 0 Å². The molecule has 0 aliphatic heterocycles. The van der Waals surface area contributed by atoms with E-state index >= 15 is 0 Å². The van der Waals surface area contributed by atoms with Crippen LogP contribution in [-0.2, 0) is 0 Å². The van der Waals surface area contributed by atoms with Crippen LogP contribution in [0.5, 0.6) is 0 Å². The van der Waals surface area contributed by atoms with Crippen LogP contribution in [0.4, 0.5) is 0 Å². The smallest absolute Gasteiger partial charge is 0.143 e. The summed E-state index contributed by atoms with van der Waals surface area (Å²) in [6.45, 7) is 0. The van der Waals surface area contributed by atoms with E-state index in [4.69, 9.17) is 9.90 Å². The van der Waals surface area contributed by atoms with Crippen LogP contribution in [0.15, 0.2) is 162 Å². The van der Waals surface area contributed by atoms with Crippen molar-refractivity contribution in [3.63, 3.8) is 0 Å². The molecule has 1 heteroatoms. The van der Waals surface area contributed by atoms with Gasteiger partial charge in [-0.25, -0.2) is 0 Å². The van der Waals surface area contributed by atoms with Gasteiger partial charge in [-0.3, -0.25) is 0 Å². The molecule has 1 nitrogen and oxygen atoms in total. The molecular weight excluding hydrogens is 544 g/mol. The van der Waals surface area contributed by atoms with Gasteiger partial charge in [0.05, 0.1) is 11.0 Å². The third kappa shape index (κ3) is 3.44. The van der Waals surface area contributed by atoms with Crippen LogP contribution in [0.25, 0.3) is 98.1 Å². The van der Waals surface area contributed by atoms with Crippen molar-refractivity contribution in [2.24, 2.45) is 0 Å². The van der Waals surface area contributed by atoms with Gasteiger partial charge in [0.2, 0.25) is 0 Å². The summed E-state index contributed by atoms with van der Waals surface area (Å²) in [6, 6.07) is 32.0. The first kappa shape index (κ1) is 18.0. The summed E-state index contributed by atoms with van der Waals surface area (Å²) in [5, 5.41) is 7.37. The molecular formula is C44H26O. The predicted molar refractivity (Wildman–Crippen MR) is 192 cm³/mol. The lowest BCUT2D eigenvalue weighted by molar-refractivity contribution is 0.676. The summed E-state index contributed by atoms with van der Waals surface area (Å²) in [4.78, 5) is 0. The zero-order chi connectivity index (χ0) is 36.4. The number of hydrogen-bond donors (Lipinski definition) is 0. The third-order valence-electron chi connectivity index (χ3n) is 9.06. The standard InChI is InChI=1S/C44H26O/c1-4-16-30-27(12-1)15-11-23-33(30)40-34-19-7-9-21-36(34)41(37-22-10-8-20-35(37)40)39-26-29-14-3-6-18-32(29)44-42(39)38-25-24-28-13-2-5-17-31(28)43(38)45-44/h1-26H/i7D,8D,9D,10D,19D,20D,21D,22D. The van der Waals surface area contributed by atoms with E-state index in [1.165, 1.54) is 0 Å². The molecule has 0 aliphatic rings. The van der Waals surface area contributed by atoms with E-state index in [2.05, 4.69) is 0 Å². The summed E-state index contributed by atoms with van der Waals surface area (Å²) in [6.07, 6.45) is 0. The highest BCUT2D eigenvalue weighted by Crippen LogP contribution is 2.49. The van der Waals surface area contributed by atoms with Crippen LogP contribution in [0.2, 0.25) is 0 Å². The van der Waals surface area contributed by atoms with Crippen molar-refractivity contribution in [3.8, 4) is 22.3 Å². The van der Waals surface area contributed by atoms with E-state index in [1.807, 2.05) is 109 Å².